The number of hydrogen-bond acceptors (Lipinski definition) is 0. The number of nitrogens with one attached hydrogen (secondary N) is 1. The lowest BCUT2D eigenvalue weighted by molar-refractivity contribution is 1.25. The van der Waals surface area contributed by atoms with Crippen LogP contribution in [0.1, 0.15) is 13.3 Å². The van der Waals surface area contributed by atoms with Gasteiger partial charge < -0.3 is 4.98 Å². The number of aromatic amines is 1. The minimum absolute atomic E-state index is 1.17. The summed E-state index contributed by atoms with van der Waals surface area (Å²) >= 11 is 0. The highest BCUT2D eigenvalue weighted by Crippen LogP contribution is 2.06. The summed E-state index contributed by atoms with van der Waals surface area (Å²) in [6.45, 7) is 2.14. The number of allylic oxidation sites excluding steroid dienone is 4. The molecule has 2 rings (SSSR count). The molecule has 0 spiro atoms. The smallest absolute Gasteiger partial charge is 0.000496 e. The molecule has 0 aromatic carbocycles. The zero-order valence-electron chi connectivity index (χ0n) is 6.75. The Morgan fingerprint density at radius 2 is 2.00 bits per heavy atom. The van der Waals surface area contributed by atoms with E-state index in [1.807, 2.05) is 24.5 Å². The average molecular weight is 147 g/mol. The summed E-state index contributed by atoms with van der Waals surface area (Å²) < 4.78 is 0. The molecule has 0 radical (unpaired) electrons. The van der Waals surface area contributed by atoms with Gasteiger partial charge in [0.05, 0.1) is 0 Å². The molecule has 11 heavy (non-hydrogen) atoms. The topological polar surface area (TPSA) is 15.8 Å². The van der Waals surface area contributed by atoms with E-state index in [4.69, 9.17) is 0 Å². The molecule has 1 aliphatic rings. The van der Waals surface area contributed by atoms with Crippen LogP contribution in [0.4, 0.5) is 0 Å². The molecule has 0 unspecified atom stereocenters. The van der Waals surface area contributed by atoms with E-state index >= 15 is 0 Å². The third kappa shape index (κ3) is 3.46. The van der Waals surface area contributed by atoms with Crippen LogP contribution in [0.3, 0.4) is 0 Å². The van der Waals surface area contributed by atoms with Gasteiger partial charge in [0.25, 0.3) is 0 Å². The van der Waals surface area contributed by atoms with Gasteiger partial charge in [-0.3, -0.25) is 0 Å². The summed E-state index contributed by atoms with van der Waals surface area (Å²) in [6.07, 6.45) is 11.3. The predicted molar refractivity (Wildman–Crippen MR) is 48.3 cm³/mol. The second-order valence-corrected chi connectivity index (χ2v) is 2.53. The summed E-state index contributed by atoms with van der Waals surface area (Å²) in [5.74, 6) is 0. The normalized spacial score (nSPS) is 13.7. The van der Waals surface area contributed by atoms with Gasteiger partial charge in [-0.25, -0.2) is 0 Å². The highest BCUT2D eigenvalue weighted by atomic mass is 14.6. The van der Waals surface area contributed by atoms with Crippen molar-refractivity contribution in [2.24, 2.45) is 0 Å². The number of rotatable bonds is 0. The van der Waals surface area contributed by atoms with Crippen molar-refractivity contribution in [1.29, 1.82) is 0 Å². The van der Waals surface area contributed by atoms with E-state index in [1.54, 1.807) is 0 Å². The van der Waals surface area contributed by atoms with Crippen LogP contribution in [0.15, 0.2) is 48.3 Å². The fourth-order valence-corrected chi connectivity index (χ4v) is 0.832. The molecule has 0 atom stereocenters. The largest absolute Gasteiger partial charge is 0.368 e. The Morgan fingerprint density at radius 1 is 1.27 bits per heavy atom. The molecule has 0 saturated heterocycles. The van der Waals surface area contributed by atoms with Crippen LogP contribution < -0.4 is 0 Å². The maximum Gasteiger partial charge on any atom is 0.000496 e. The maximum atomic E-state index is 2.86. The Bertz CT molecular complexity index is 212. The molecular formula is C10H13N. The van der Waals surface area contributed by atoms with Crippen LogP contribution in [-0.2, 0) is 0 Å². The van der Waals surface area contributed by atoms with Crippen LogP contribution in [0.5, 0.6) is 0 Å². The molecule has 1 aromatic rings. The monoisotopic (exact) mass is 147 g/mol. The quantitative estimate of drug-likeness (QED) is 0.580. The highest BCUT2D eigenvalue weighted by molar-refractivity contribution is 5.20. The zero-order valence-corrected chi connectivity index (χ0v) is 6.75. The van der Waals surface area contributed by atoms with Crippen LogP contribution in [-0.4, -0.2) is 4.98 Å². The molecule has 0 amide bonds. The first-order valence-electron chi connectivity index (χ1n) is 3.79. The van der Waals surface area contributed by atoms with Crippen molar-refractivity contribution in [2.45, 2.75) is 13.3 Å². The van der Waals surface area contributed by atoms with Crippen LogP contribution in [0.25, 0.3) is 0 Å². The lowest BCUT2D eigenvalue weighted by atomic mass is 10.3. The lowest BCUT2D eigenvalue weighted by Crippen LogP contribution is -1.58. The van der Waals surface area contributed by atoms with Crippen molar-refractivity contribution in [1.82, 2.24) is 4.98 Å². The van der Waals surface area contributed by atoms with E-state index in [2.05, 4.69) is 30.1 Å². The molecule has 1 N–H and O–H groups in total. The van der Waals surface area contributed by atoms with Gasteiger partial charge in [0.2, 0.25) is 0 Å². The van der Waals surface area contributed by atoms with Gasteiger partial charge in [0.15, 0.2) is 0 Å². The second kappa shape index (κ2) is 4.56. The van der Waals surface area contributed by atoms with E-state index in [9.17, 15) is 0 Å². The zero-order chi connectivity index (χ0) is 7.94. The van der Waals surface area contributed by atoms with E-state index in [0.717, 1.165) is 0 Å². The summed E-state index contributed by atoms with van der Waals surface area (Å²) in [6, 6.07) is 3.89. The van der Waals surface area contributed by atoms with Crippen molar-refractivity contribution in [3.63, 3.8) is 0 Å². The number of aromatic nitrogens is 1. The predicted octanol–water partition coefficient (Wildman–Crippen LogP) is 2.91. The Hall–Kier alpha value is -1.24. The van der Waals surface area contributed by atoms with Gasteiger partial charge in [-0.2, -0.15) is 0 Å². The fourth-order valence-electron chi connectivity index (χ4n) is 0.832. The molecule has 1 aromatic heterocycles. The third-order valence-electron chi connectivity index (χ3n) is 1.45. The first-order chi connectivity index (χ1) is 5.39. The van der Waals surface area contributed by atoms with Crippen molar-refractivity contribution in [2.75, 3.05) is 0 Å². The molecule has 1 heterocycles. The van der Waals surface area contributed by atoms with E-state index < -0.39 is 0 Å². The minimum Gasteiger partial charge on any atom is -0.368 e. The van der Waals surface area contributed by atoms with Gasteiger partial charge in [-0.15, -0.1) is 0 Å². The van der Waals surface area contributed by atoms with Gasteiger partial charge in [0.1, 0.15) is 0 Å². The van der Waals surface area contributed by atoms with Crippen molar-refractivity contribution in [3.05, 3.63) is 48.3 Å². The van der Waals surface area contributed by atoms with E-state index in [-0.39, 0.29) is 0 Å². The Morgan fingerprint density at radius 3 is 2.18 bits per heavy atom. The Balaban J connectivity index is 0.000000112. The molecule has 58 valence electrons. The first kappa shape index (κ1) is 7.86. The number of hydrogen-bond donors (Lipinski definition) is 1. The molecule has 0 saturated carbocycles. The Labute approximate surface area is 67.5 Å². The van der Waals surface area contributed by atoms with Crippen LogP contribution >= 0.6 is 0 Å². The second-order valence-electron chi connectivity index (χ2n) is 2.53. The number of H-pyrrole nitrogens is 1. The summed E-state index contributed by atoms with van der Waals surface area (Å²) in [7, 11) is 0. The maximum absolute atomic E-state index is 2.86. The van der Waals surface area contributed by atoms with Gasteiger partial charge >= 0.3 is 0 Å². The lowest BCUT2D eigenvalue weighted by Gasteiger charge is -1.78. The van der Waals surface area contributed by atoms with Gasteiger partial charge in [0, 0.05) is 12.4 Å². The fraction of sp³-hybridized carbons (Fsp3) is 0.200. The molecule has 1 nitrogen and oxygen atoms in total. The average Bonchev–Trinajstić information content (AvgIpc) is 2.57. The standard InChI is InChI=1S/C6H8.C4H5N/c1-6-4-2-3-5-6;1-2-4-5-3-1/h2-4H,5H2,1H3;1-5H. The molecule has 1 heteroatoms. The van der Waals surface area contributed by atoms with Crippen molar-refractivity contribution < 1.29 is 0 Å². The van der Waals surface area contributed by atoms with Gasteiger partial charge in [-0.05, 0) is 25.5 Å². The molecular weight excluding hydrogens is 134 g/mol. The molecule has 1 aliphatic carbocycles. The molecule has 0 bridgehead atoms. The Kier molecular flexibility index (Phi) is 3.26. The summed E-state index contributed by atoms with van der Waals surface area (Å²) in [5.41, 5.74) is 1.47. The highest BCUT2D eigenvalue weighted by Gasteiger charge is 1.86. The first-order valence-corrected chi connectivity index (χ1v) is 3.79. The van der Waals surface area contributed by atoms with E-state index in [0.29, 0.717) is 0 Å². The van der Waals surface area contributed by atoms with E-state index in [1.165, 1.54) is 12.0 Å². The van der Waals surface area contributed by atoms with Crippen LogP contribution in [0, 0.1) is 0 Å². The molecule has 0 aliphatic heterocycles. The van der Waals surface area contributed by atoms with Crippen molar-refractivity contribution in [3.8, 4) is 0 Å². The SMILES string of the molecule is CC1=CC=CC1.c1cc[nH]c1. The van der Waals surface area contributed by atoms with Crippen molar-refractivity contribution >= 4 is 0 Å². The van der Waals surface area contributed by atoms with Gasteiger partial charge in [-0.1, -0.05) is 23.8 Å². The third-order valence-corrected chi connectivity index (χ3v) is 1.45. The minimum atomic E-state index is 1.17. The summed E-state index contributed by atoms with van der Waals surface area (Å²) in [5, 5.41) is 0. The van der Waals surface area contributed by atoms with Crippen LogP contribution in [0.2, 0.25) is 0 Å². The summed E-state index contributed by atoms with van der Waals surface area (Å²) in [4.78, 5) is 2.86. The molecule has 0 fully saturated rings.